The number of alkyl halides is 1. The van der Waals surface area contributed by atoms with Gasteiger partial charge in [-0.3, -0.25) is 4.79 Å². The molecule has 0 spiro atoms. The zero-order chi connectivity index (χ0) is 10.6. The summed E-state index contributed by atoms with van der Waals surface area (Å²) in [7, 11) is 0. The van der Waals surface area contributed by atoms with Crippen LogP contribution >= 0.6 is 27.5 Å². The highest BCUT2D eigenvalue weighted by Crippen LogP contribution is 2.20. The molecular formula is C9H10BrClN2O. The van der Waals surface area contributed by atoms with Crippen LogP contribution in [0.4, 0.5) is 5.69 Å². The number of halogens is 2. The number of anilines is 1. The van der Waals surface area contributed by atoms with E-state index in [-0.39, 0.29) is 5.91 Å². The van der Waals surface area contributed by atoms with Gasteiger partial charge in [0.25, 0.3) is 0 Å². The molecule has 0 aromatic carbocycles. The van der Waals surface area contributed by atoms with E-state index in [1.165, 1.54) is 0 Å². The van der Waals surface area contributed by atoms with Crippen molar-refractivity contribution < 1.29 is 4.79 Å². The molecule has 0 bridgehead atoms. The third-order valence-electron chi connectivity index (χ3n) is 1.57. The summed E-state index contributed by atoms with van der Waals surface area (Å²) in [4.78, 5) is 15.3. The zero-order valence-corrected chi connectivity index (χ0v) is 10.0. The van der Waals surface area contributed by atoms with Crippen molar-refractivity contribution in [3.05, 3.63) is 22.4 Å². The molecule has 1 heterocycles. The molecule has 0 saturated heterocycles. The maximum Gasteiger partial charge on any atom is 0.225 e. The van der Waals surface area contributed by atoms with Crippen molar-refractivity contribution in [3.63, 3.8) is 0 Å². The molecule has 1 N–H and O–H groups in total. The van der Waals surface area contributed by atoms with E-state index in [4.69, 9.17) is 11.6 Å². The van der Waals surface area contributed by atoms with Gasteiger partial charge in [0.05, 0.1) is 5.69 Å². The van der Waals surface area contributed by atoms with Gasteiger partial charge in [-0.15, -0.1) is 11.6 Å². The number of carbonyl (C=O) groups excluding carboxylic acids is 1. The van der Waals surface area contributed by atoms with E-state index in [2.05, 4.69) is 26.2 Å². The van der Waals surface area contributed by atoms with Gasteiger partial charge in [-0.2, -0.15) is 0 Å². The average molecular weight is 278 g/mol. The van der Waals surface area contributed by atoms with Gasteiger partial charge in [0.2, 0.25) is 5.91 Å². The second-order valence-corrected chi connectivity index (χ2v) is 3.97. The van der Waals surface area contributed by atoms with Crippen LogP contribution in [0.2, 0.25) is 0 Å². The molecule has 0 unspecified atom stereocenters. The van der Waals surface area contributed by atoms with E-state index < -0.39 is 0 Å². The maximum atomic E-state index is 11.2. The number of carbonyl (C=O) groups is 1. The van der Waals surface area contributed by atoms with E-state index in [1.807, 2.05) is 13.0 Å². The van der Waals surface area contributed by atoms with Crippen LogP contribution in [0.15, 0.2) is 16.9 Å². The number of hydrogen-bond acceptors (Lipinski definition) is 2. The smallest absolute Gasteiger partial charge is 0.225 e. The molecule has 1 rings (SSSR count). The summed E-state index contributed by atoms with van der Waals surface area (Å²) in [6.45, 7) is 1.91. The number of nitrogens with one attached hydrogen (secondary N) is 1. The van der Waals surface area contributed by atoms with Gasteiger partial charge in [-0.25, -0.2) is 4.98 Å². The Bertz CT molecular complexity index is 344. The Morgan fingerprint density at radius 2 is 2.43 bits per heavy atom. The molecule has 76 valence electrons. The predicted octanol–water partition coefficient (Wildman–Crippen LogP) is 2.72. The number of rotatable bonds is 3. The Kier molecular flexibility index (Phi) is 4.35. The first kappa shape index (κ1) is 11.5. The molecule has 5 heteroatoms. The van der Waals surface area contributed by atoms with E-state index in [1.54, 1.807) is 6.20 Å². The number of amides is 1. The summed E-state index contributed by atoms with van der Waals surface area (Å²) < 4.78 is 0.631. The largest absolute Gasteiger partial charge is 0.324 e. The van der Waals surface area contributed by atoms with Crippen LogP contribution in [0, 0.1) is 6.92 Å². The Morgan fingerprint density at radius 3 is 3.07 bits per heavy atom. The number of pyridine rings is 1. The van der Waals surface area contributed by atoms with Crippen LogP contribution in [-0.4, -0.2) is 16.8 Å². The van der Waals surface area contributed by atoms with E-state index in [0.717, 1.165) is 5.56 Å². The number of aromatic nitrogens is 1. The van der Waals surface area contributed by atoms with Crippen molar-refractivity contribution >= 4 is 39.1 Å². The lowest BCUT2D eigenvalue weighted by molar-refractivity contribution is -0.115. The molecule has 0 saturated carbocycles. The summed E-state index contributed by atoms with van der Waals surface area (Å²) in [6.07, 6.45) is 2.03. The van der Waals surface area contributed by atoms with E-state index >= 15 is 0 Å². The molecule has 0 aliphatic heterocycles. The molecule has 1 aromatic heterocycles. The van der Waals surface area contributed by atoms with Crippen LogP contribution < -0.4 is 5.32 Å². The Hall–Kier alpha value is -0.610. The lowest BCUT2D eigenvalue weighted by Gasteiger charge is -2.06. The standard InChI is InChI=1S/C9H10BrClN2O/c1-6-4-7(9(10)12-5-6)13-8(14)2-3-11/h4-5H,2-3H2,1H3,(H,13,14). The van der Waals surface area contributed by atoms with Crippen LogP contribution in [-0.2, 0) is 4.79 Å². The Balaban J connectivity index is 2.75. The quantitative estimate of drug-likeness (QED) is 0.682. The fraction of sp³-hybridized carbons (Fsp3) is 0.333. The van der Waals surface area contributed by atoms with Gasteiger partial charge in [0.1, 0.15) is 4.60 Å². The van der Waals surface area contributed by atoms with E-state index in [0.29, 0.717) is 22.6 Å². The minimum Gasteiger partial charge on any atom is -0.324 e. The number of nitrogens with zero attached hydrogens (tertiary/aromatic N) is 1. The molecule has 0 aliphatic rings. The van der Waals surface area contributed by atoms with Crippen LogP contribution in [0.1, 0.15) is 12.0 Å². The van der Waals surface area contributed by atoms with Crippen molar-refractivity contribution in [2.75, 3.05) is 11.2 Å². The second-order valence-electron chi connectivity index (χ2n) is 2.84. The van der Waals surface area contributed by atoms with Gasteiger partial charge in [0.15, 0.2) is 0 Å². The SMILES string of the molecule is Cc1cnc(Br)c(NC(=O)CCCl)c1. The fourth-order valence-corrected chi connectivity index (χ4v) is 1.43. The molecule has 0 atom stereocenters. The topological polar surface area (TPSA) is 42.0 Å². The fourth-order valence-electron chi connectivity index (χ4n) is 0.939. The molecule has 14 heavy (non-hydrogen) atoms. The predicted molar refractivity (Wildman–Crippen MR) is 60.6 cm³/mol. The van der Waals surface area contributed by atoms with Crippen molar-refractivity contribution in [3.8, 4) is 0 Å². The lowest BCUT2D eigenvalue weighted by atomic mass is 10.3. The first-order chi connectivity index (χ1) is 6.63. The van der Waals surface area contributed by atoms with Crippen LogP contribution in [0.25, 0.3) is 0 Å². The first-order valence-electron chi connectivity index (χ1n) is 4.11. The summed E-state index contributed by atoms with van der Waals surface area (Å²) >= 11 is 8.70. The lowest BCUT2D eigenvalue weighted by Crippen LogP contribution is -2.12. The van der Waals surface area contributed by atoms with E-state index in [9.17, 15) is 4.79 Å². The summed E-state index contributed by atoms with van der Waals surface area (Å²) in [5.74, 6) is 0.219. The van der Waals surface area contributed by atoms with Crippen LogP contribution in [0.3, 0.4) is 0 Å². The molecule has 0 radical (unpaired) electrons. The third kappa shape index (κ3) is 3.27. The van der Waals surface area contributed by atoms with Gasteiger partial charge in [-0.05, 0) is 34.5 Å². The normalized spacial score (nSPS) is 9.93. The molecule has 1 amide bonds. The Morgan fingerprint density at radius 1 is 1.71 bits per heavy atom. The van der Waals surface area contributed by atoms with Gasteiger partial charge < -0.3 is 5.32 Å². The monoisotopic (exact) mass is 276 g/mol. The highest BCUT2D eigenvalue weighted by atomic mass is 79.9. The maximum absolute atomic E-state index is 11.2. The zero-order valence-electron chi connectivity index (χ0n) is 7.68. The molecule has 3 nitrogen and oxygen atoms in total. The minimum absolute atomic E-state index is 0.104. The Labute approximate surface area is 96.0 Å². The highest BCUT2D eigenvalue weighted by Gasteiger charge is 2.05. The van der Waals surface area contributed by atoms with Gasteiger partial charge >= 0.3 is 0 Å². The van der Waals surface area contributed by atoms with Crippen molar-refractivity contribution in [1.29, 1.82) is 0 Å². The number of aryl methyl sites for hydroxylation is 1. The first-order valence-corrected chi connectivity index (χ1v) is 5.44. The molecular weight excluding hydrogens is 267 g/mol. The summed E-state index contributed by atoms with van der Waals surface area (Å²) in [5, 5.41) is 2.72. The summed E-state index contributed by atoms with van der Waals surface area (Å²) in [6, 6.07) is 1.85. The molecule has 1 aromatic rings. The van der Waals surface area contributed by atoms with Gasteiger partial charge in [0, 0.05) is 18.5 Å². The molecule has 0 aliphatic carbocycles. The average Bonchev–Trinajstić information content (AvgIpc) is 2.12. The van der Waals surface area contributed by atoms with Crippen molar-refractivity contribution in [2.24, 2.45) is 0 Å². The molecule has 0 fully saturated rings. The number of hydrogen-bond donors (Lipinski definition) is 1. The van der Waals surface area contributed by atoms with Crippen LogP contribution in [0.5, 0.6) is 0 Å². The minimum atomic E-state index is -0.104. The van der Waals surface area contributed by atoms with Crippen molar-refractivity contribution in [1.82, 2.24) is 4.98 Å². The van der Waals surface area contributed by atoms with Crippen molar-refractivity contribution in [2.45, 2.75) is 13.3 Å². The highest BCUT2D eigenvalue weighted by molar-refractivity contribution is 9.10. The third-order valence-corrected chi connectivity index (χ3v) is 2.39. The van der Waals surface area contributed by atoms with Gasteiger partial charge in [-0.1, -0.05) is 0 Å². The summed E-state index contributed by atoms with van der Waals surface area (Å²) in [5.41, 5.74) is 1.68. The second kappa shape index (κ2) is 5.32.